The van der Waals surface area contributed by atoms with Crippen molar-refractivity contribution in [2.45, 2.75) is 6.42 Å². The number of benzene rings is 2. The molecule has 0 fully saturated rings. The molecule has 0 saturated heterocycles. The minimum atomic E-state index is -0.479. The quantitative estimate of drug-likeness (QED) is 0.508. The lowest BCUT2D eigenvalue weighted by molar-refractivity contribution is -0.385. The summed E-state index contributed by atoms with van der Waals surface area (Å²) in [5.41, 5.74) is 3.33. The van der Waals surface area contributed by atoms with Gasteiger partial charge in [0.05, 0.1) is 17.4 Å². The lowest BCUT2D eigenvalue weighted by Gasteiger charge is -1.95. The van der Waals surface area contributed by atoms with Gasteiger partial charge in [-0.3, -0.25) is 10.1 Å². The number of rotatable bonds is 2. The van der Waals surface area contributed by atoms with Crippen LogP contribution in [0, 0.1) is 21.4 Å². The molecule has 1 aromatic rings. The second-order valence-electron chi connectivity index (χ2n) is 3.80. The van der Waals surface area contributed by atoms with Crippen molar-refractivity contribution in [1.82, 2.24) is 0 Å². The van der Waals surface area contributed by atoms with Crippen LogP contribution in [0.15, 0.2) is 48.5 Å². The molecule has 2 aliphatic carbocycles. The third-order valence-electron chi connectivity index (χ3n) is 2.57. The molecule has 0 unspecified atom stereocenters. The van der Waals surface area contributed by atoms with Gasteiger partial charge in [-0.05, 0) is 17.2 Å². The number of hydrogen-bond donors (Lipinski definition) is 0. The van der Waals surface area contributed by atoms with E-state index in [2.05, 4.69) is 24.3 Å². The normalized spacial score (nSPS) is 9.72. The number of hydrogen-bond acceptors (Lipinski definition) is 3. The second-order valence-corrected chi connectivity index (χ2v) is 3.80. The Morgan fingerprint density at radius 2 is 1.78 bits per heavy atom. The van der Waals surface area contributed by atoms with Crippen molar-refractivity contribution in [3.8, 4) is 17.2 Å². The molecule has 4 nitrogen and oxygen atoms in total. The zero-order valence-corrected chi connectivity index (χ0v) is 9.54. The predicted molar refractivity (Wildman–Crippen MR) is 67.8 cm³/mol. The molecule has 3 rings (SSSR count). The number of nitro benzene ring substituents is 1. The maximum atomic E-state index is 10.4. The molecule has 2 aliphatic rings. The summed E-state index contributed by atoms with van der Waals surface area (Å²) in [6.45, 7) is 0. The summed E-state index contributed by atoms with van der Waals surface area (Å²) >= 11 is 0. The Bertz CT molecular complexity index is 612. The number of nitrogens with zero attached hydrogens (tertiary/aromatic N) is 2. The average molecular weight is 238 g/mol. The van der Waals surface area contributed by atoms with Gasteiger partial charge in [0.15, 0.2) is 0 Å². The van der Waals surface area contributed by atoms with Crippen LogP contribution >= 0.6 is 0 Å². The van der Waals surface area contributed by atoms with E-state index < -0.39 is 4.92 Å². The summed E-state index contributed by atoms with van der Waals surface area (Å²) in [5.74, 6) is 0. The van der Waals surface area contributed by atoms with Crippen molar-refractivity contribution >= 4 is 5.69 Å². The molecule has 1 aromatic carbocycles. The Morgan fingerprint density at radius 1 is 1.11 bits per heavy atom. The maximum absolute atomic E-state index is 10.4. The standard InChI is InChI=1S/C8H6N2O2.C6H4/c9-6-5-7-3-1-2-4-8(7)10(11)12;1-2-5-4-6(5)3-1/h1-4H,5H2;1-4H. The second kappa shape index (κ2) is 5.11. The summed E-state index contributed by atoms with van der Waals surface area (Å²) in [5, 5.41) is 18.7. The first kappa shape index (κ1) is 11.8. The highest BCUT2D eigenvalue weighted by Crippen LogP contribution is 2.32. The average Bonchev–Trinajstić information content (AvgIpc) is 2.98. The Balaban J connectivity index is 0.000000164. The molecule has 0 bridgehead atoms. The molecule has 0 aliphatic heterocycles. The van der Waals surface area contributed by atoms with Crippen molar-refractivity contribution in [1.29, 1.82) is 5.26 Å². The van der Waals surface area contributed by atoms with Crippen LogP contribution in [0.1, 0.15) is 5.56 Å². The van der Waals surface area contributed by atoms with Gasteiger partial charge in [0.2, 0.25) is 0 Å². The topological polar surface area (TPSA) is 66.9 Å². The molecule has 0 saturated carbocycles. The third kappa shape index (κ3) is 2.71. The van der Waals surface area contributed by atoms with E-state index in [4.69, 9.17) is 5.26 Å². The van der Waals surface area contributed by atoms with Crippen molar-refractivity contribution in [2.75, 3.05) is 0 Å². The Morgan fingerprint density at radius 3 is 2.22 bits per heavy atom. The van der Waals surface area contributed by atoms with Crippen molar-refractivity contribution in [2.24, 2.45) is 0 Å². The SMILES string of the molecule is N#CCc1ccccc1[N+](=O)[O-].c1cc2cc-2c1. The van der Waals surface area contributed by atoms with Gasteiger partial charge < -0.3 is 0 Å². The number of nitro groups is 1. The van der Waals surface area contributed by atoms with Gasteiger partial charge in [-0.25, -0.2) is 0 Å². The summed E-state index contributed by atoms with van der Waals surface area (Å²) in [6.07, 6.45) is 0.0805. The maximum Gasteiger partial charge on any atom is 0.273 e. The Kier molecular flexibility index (Phi) is 3.35. The predicted octanol–water partition coefficient (Wildman–Crippen LogP) is 3.33. The van der Waals surface area contributed by atoms with Crippen LogP contribution < -0.4 is 0 Å². The Labute approximate surface area is 104 Å². The first-order chi connectivity index (χ1) is 8.72. The van der Waals surface area contributed by atoms with Crippen molar-refractivity contribution in [3.05, 3.63) is 64.2 Å². The highest BCUT2D eigenvalue weighted by molar-refractivity contribution is 5.80. The Hall–Kier alpha value is -2.67. The first-order valence-corrected chi connectivity index (χ1v) is 5.42. The van der Waals surface area contributed by atoms with E-state index in [1.807, 2.05) is 6.07 Å². The summed E-state index contributed by atoms with van der Waals surface area (Å²) in [7, 11) is 0. The molecular weight excluding hydrogens is 228 g/mol. The van der Waals surface area contributed by atoms with Crippen LogP contribution in [0.3, 0.4) is 0 Å². The molecule has 0 atom stereocenters. The largest absolute Gasteiger partial charge is 0.273 e. The van der Waals surface area contributed by atoms with Gasteiger partial charge in [-0.15, -0.1) is 0 Å². The molecule has 0 N–H and O–H groups in total. The van der Waals surface area contributed by atoms with Gasteiger partial charge in [0, 0.05) is 11.6 Å². The smallest absolute Gasteiger partial charge is 0.258 e. The van der Waals surface area contributed by atoms with Crippen molar-refractivity contribution in [3.63, 3.8) is 0 Å². The zero-order valence-electron chi connectivity index (χ0n) is 9.54. The number of nitriles is 1. The zero-order chi connectivity index (χ0) is 13.0. The fourth-order valence-corrected chi connectivity index (χ4v) is 1.60. The molecule has 0 spiro atoms. The van der Waals surface area contributed by atoms with E-state index in [1.165, 1.54) is 17.2 Å². The highest BCUT2D eigenvalue weighted by atomic mass is 16.6. The molecule has 18 heavy (non-hydrogen) atoms. The fourth-order valence-electron chi connectivity index (χ4n) is 1.60. The fraction of sp³-hybridized carbons (Fsp3) is 0.0714. The summed E-state index contributed by atoms with van der Waals surface area (Å²) in [6, 6.07) is 16.6. The highest BCUT2D eigenvalue weighted by Gasteiger charge is 2.10. The van der Waals surface area contributed by atoms with Crippen LogP contribution in [0.4, 0.5) is 5.69 Å². The molecule has 0 amide bonds. The van der Waals surface area contributed by atoms with E-state index in [0.29, 0.717) is 5.56 Å². The molecule has 88 valence electrons. The first-order valence-electron chi connectivity index (χ1n) is 5.42. The lowest BCUT2D eigenvalue weighted by Crippen LogP contribution is -1.93. The van der Waals surface area contributed by atoms with Crippen LogP contribution in [-0.2, 0) is 6.42 Å². The molecular formula is C14H10N2O2. The van der Waals surface area contributed by atoms with Crippen LogP contribution in [0.25, 0.3) is 11.1 Å². The molecule has 0 radical (unpaired) electrons. The molecule has 0 aromatic heterocycles. The van der Waals surface area contributed by atoms with E-state index in [0.717, 1.165) is 0 Å². The minimum absolute atomic E-state index is 0.0130. The number of para-hydroxylation sites is 1. The van der Waals surface area contributed by atoms with Gasteiger partial charge in [-0.1, -0.05) is 36.4 Å². The van der Waals surface area contributed by atoms with Crippen LogP contribution in [0.5, 0.6) is 0 Å². The van der Waals surface area contributed by atoms with E-state index in [1.54, 1.807) is 18.2 Å². The van der Waals surface area contributed by atoms with Gasteiger partial charge in [-0.2, -0.15) is 5.26 Å². The van der Waals surface area contributed by atoms with Crippen LogP contribution in [-0.4, -0.2) is 4.92 Å². The molecule has 0 heterocycles. The lowest BCUT2D eigenvalue weighted by atomic mass is 10.1. The summed E-state index contributed by atoms with van der Waals surface area (Å²) < 4.78 is 0. The van der Waals surface area contributed by atoms with E-state index >= 15 is 0 Å². The third-order valence-corrected chi connectivity index (χ3v) is 2.57. The molecule has 4 heteroatoms. The van der Waals surface area contributed by atoms with Gasteiger partial charge >= 0.3 is 0 Å². The van der Waals surface area contributed by atoms with Gasteiger partial charge in [0.25, 0.3) is 5.69 Å². The monoisotopic (exact) mass is 238 g/mol. The van der Waals surface area contributed by atoms with E-state index in [-0.39, 0.29) is 12.1 Å². The summed E-state index contributed by atoms with van der Waals surface area (Å²) in [4.78, 5) is 9.91. The van der Waals surface area contributed by atoms with Gasteiger partial charge in [0.1, 0.15) is 0 Å². The van der Waals surface area contributed by atoms with Crippen LogP contribution in [0.2, 0.25) is 0 Å². The van der Waals surface area contributed by atoms with E-state index in [9.17, 15) is 10.1 Å². The van der Waals surface area contributed by atoms with Crippen molar-refractivity contribution < 1.29 is 4.92 Å². The minimum Gasteiger partial charge on any atom is -0.258 e. The number of fused-ring (bicyclic) bond motifs is 1.